The number of hydrogen-bond donors (Lipinski definition) is 0. The van der Waals surface area contributed by atoms with Crippen LogP contribution in [0.15, 0.2) is 0 Å². The molecular formula is C18H42N4. The number of hydrogen-bond acceptors (Lipinski definition) is 4. The summed E-state index contributed by atoms with van der Waals surface area (Å²) >= 11 is 0. The van der Waals surface area contributed by atoms with E-state index in [1.54, 1.807) is 0 Å². The van der Waals surface area contributed by atoms with Crippen LogP contribution in [-0.4, -0.2) is 77.4 Å². The van der Waals surface area contributed by atoms with Gasteiger partial charge in [0.1, 0.15) is 0 Å². The lowest BCUT2D eigenvalue weighted by molar-refractivity contribution is 0.00290. The lowest BCUT2D eigenvalue weighted by Gasteiger charge is -2.40. The van der Waals surface area contributed by atoms with Gasteiger partial charge in [-0.2, -0.15) is 0 Å². The fourth-order valence-corrected chi connectivity index (χ4v) is 2.79. The number of nitrogens with zero attached hydrogens (tertiary/aromatic N) is 4. The van der Waals surface area contributed by atoms with E-state index in [9.17, 15) is 0 Å². The van der Waals surface area contributed by atoms with Crippen LogP contribution < -0.4 is 0 Å². The molecule has 0 saturated carbocycles. The smallest absolute Gasteiger partial charge is 0.0532 e. The molecule has 0 radical (unpaired) electrons. The summed E-state index contributed by atoms with van der Waals surface area (Å²) in [5.41, 5.74) is 0. The summed E-state index contributed by atoms with van der Waals surface area (Å²) in [4.78, 5) is 10.2. The molecule has 0 spiro atoms. The van der Waals surface area contributed by atoms with Crippen LogP contribution in [0.4, 0.5) is 0 Å². The van der Waals surface area contributed by atoms with Crippen LogP contribution >= 0.6 is 0 Å². The Labute approximate surface area is 140 Å². The zero-order chi connectivity index (χ0) is 17.3. The summed E-state index contributed by atoms with van der Waals surface area (Å²) < 4.78 is 0. The van der Waals surface area contributed by atoms with E-state index < -0.39 is 0 Å². The second kappa shape index (κ2) is 11.4. The Kier molecular flexibility index (Phi) is 11.3. The highest BCUT2D eigenvalue weighted by Crippen LogP contribution is 2.08. The highest BCUT2D eigenvalue weighted by atomic mass is 15.4. The molecule has 0 heterocycles. The molecule has 0 aromatic carbocycles. The topological polar surface area (TPSA) is 13.0 Å². The highest BCUT2D eigenvalue weighted by Gasteiger charge is 2.19. The van der Waals surface area contributed by atoms with Crippen LogP contribution in [0.1, 0.15) is 62.3 Å². The molecule has 22 heavy (non-hydrogen) atoms. The molecule has 4 nitrogen and oxygen atoms in total. The van der Waals surface area contributed by atoms with Gasteiger partial charge in [-0.15, -0.1) is 0 Å². The standard InChI is InChI=1S/C18H42N4/c1-10-20(16(4)5)13-19(14-21(11-2)17(6)7)15-22(12-3)18(8)9/h16-18H,10-15H2,1-9H3. The zero-order valence-electron chi connectivity index (χ0n) is 16.8. The predicted octanol–water partition coefficient (Wildman–Crippen LogP) is 3.35. The largest absolute Gasteiger partial charge is 0.288 e. The van der Waals surface area contributed by atoms with Gasteiger partial charge >= 0.3 is 0 Å². The average molecular weight is 315 g/mol. The van der Waals surface area contributed by atoms with E-state index >= 15 is 0 Å². The average Bonchev–Trinajstić information content (AvgIpc) is 2.45. The SMILES string of the molecule is CCN(CN(CN(CC)C(C)C)CN(CC)C(C)C)C(C)C. The van der Waals surface area contributed by atoms with E-state index in [2.05, 4.69) is 81.9 Å². The van der Waals surface area contributed by atoms with Gasteiger partial charge < -0.3 is 0 Å². The molecule has 4 heteroatoms. The third-order valence-electron chi connectivity index (χ3n) is 4.55. The number of rotatable bonds is 12. The van der Waals surface area contributed by atoms with Crippen molar-refractivity contribution in [2.45, 2.75) is 80.4 Å². The van der Waals surface area contributed by atoms with Gasteiger partial charge in [0, 0.05) is 18.1 Å². The minimum Gasteiger partial charge on any atom is -0.288 e. The first kappa shape index (κ1) is 21.8. The van der Waals surface area contributed by atoms with E-state index in [0.29, 0.717) is 18.1 Å². The molecule has 0 aliphatic heterocycles. The Hall–Kier alpha value is -0.160. The van der Waals surface area contributed by atoms with Gasteiger partial charge in [0.15, 0.2) is 0 Å². The second-order valence-electron chi connectivity index (χ2n) is 7.09. The quantitative estimate of drug-likeness (QED) is 0.512. The van der Waals surface area contributed by atoms with Crippen molar-refractivity contribution in [3.63, 3.8) is 0 Å². The lowest BCUT2D eigenvalue weighted by atomic mass is 10.3. The van der Waals surface area contributed by atoms with Gasteiger partial charge in [-0.05, 0) is 61.2 Å². The zero-order valence-corrected chi connectivity index (χ0v) is 16.8. The van der Waals surface area contributed by atoms with E-state index in [-0.39, 0.29) is 0 Å². The molecule has 0 unspecified atom stereocenters. The molecule has 0 saturated heterocycles. The second-order valence-corrected chi connectivity index (χ2v) is 7.09. The monoisotopic (exact) mass is 314 g/mol. The summed E-state index contributed by atoms with van der Waals surface area (Å²) in [7, 11) is 0. The molecule has 0 rings (SSSR count). The molecule has 0 aliphatic carbocycles. The predicted molar refractivity (Wildman–Crippen MR) is 99.0 cm³/mol. The van der Waals surface area contributed by atoms with Crippen molar-refractivity contribution in [3.8, 4) is 0 Å². The van der Waals surface area contributed by atoms with E-state index in [4.69, 9.17) is 0 Å². The van der Waals surface area contributed by atoms with Crippen LogP contribution in [-0.2, 0) is 0 Å². The maximum absolute atomic E-state index is 2.59. The van der Waals surface area contributed by atoms with Crippen LogP contribution in [0.5, 0.6) is 0 Å². The maximum Gasteiger partial charge on any atom is 0.0532 e. The summed E-state index contributed by atoms with van der Waals surface area (Å²) in [6, 6.07) is 1.78. The molecule has 0 aliphatic rings. The van der Waals surface area contributed by atoms with Gasteiger partial charge in [-0.1, -0.05) is 20.8 Å². The van der Waals surface area contributed by atoms with Gasteiger partial charge in [0.05, 0.1) is 20.0 Å². The minimum atomic E-state index is 0.593. The van der Waals surface area contributed by atoms with Gasteiger partial charge in [0.2, 0.25) is 0 Å². The van der Waals surface area contributed by atoms with Crippen molar-refractivity contribution in [2.24, 2.45) is 0 Å². The summed E-state index contributed by atoms with van der Waals surface area (Å²) in [6.45, 7) is 27.0. The van der Waals surface area contributed by atoms with Crippen LogP contribution in [0, 0.1) is 0 Å². The first-order valence-corrected chi connectivity index (χ1v) is 9.21. The van der Waals surface area contributed by atoms with Gasteiger partial charge in [-0.3, -0.25) is 19.6 Å². The van der Waals surface area contributed by atoms with Crippen molar-refractivity contribution in [2.75, 3.05) is 39.6 Å². The summed E-state index contributed by atoms with van der Waals surface area (Å²) in [5.74, 6) is 0. The minimum absolute atomic E-state index is 0.593. The molecule has 0 aromatic heterocycles. The van der Waals surface area contributed by atoms with Crippen LogP contribution in [0.2, 0.25) is 0 Å². The molecule has 0 aromatic rings. The molecule has 0 bridgehead atoms. The van der Waals surface area contributed by atoms with Crippen LogP contribution in [0.3, 0.4) is 0 Å². The Morgan fingerprint density at radius 2 is 0.727 bits per heavy atom. The summed E-state index contributed by atoms with van der Waals surface area (Å²) in [5, 5.41) is 0. The van der Waals surface area contributed by atoms with Crippen molar-refractivity contribution >= 4 is 0 Å². The Bertz CT molecular complexity index is 223. The fraction of sp³-hybridized carbons (Fsp3) is 1.00. The first-order valence-electron chi connectivity index (χ1n) is 9.21. The van der Waals surface area contributed by atoms with Gasteiger partial charge in [-0.25, -0.2) is 0 Å². The van der Waals surface area contributed by atoms with E-state index in [1.807, 2.05) is 0 Å². The van der Waals surface area contributed by atoms with Crippen molar-refractivity contribution in [1.82, 2.24) is 19.6 Å². The normalized spacial score (nSPS) is 13.1. The molecule has 134 valence electrons. The Morgan fingerprint density at radius 1 is 0.500 bits per heavy atom. The Morgan fingerprint density at radius 3 is 0.864 bits per heavy atom. The van der Waals surface area contributed by atoms with Gasteiger partial charge in [0.25, 0.3) is 0 Å². The Balaban J connectivity index is 4.95. The van der Waals surface area contributed by atoms with E-state index in [0.717, 1.165) is 39.6 Å². The first-order chi connectivity index (χ1) is 10.3. The highest BCUT2D eigenvalue weighted by molar-refractivity contribution is 4.69. The third-order valence-corrected chi connectivity index (χ3v) is 4.55. The summed E-state index contributed by atoms with van der Waals surface area (Å²) in [6.07, 6.45) is 0. The molecule has 0 N–H and O–H groups in total. The van der Waals surface area contributed by atoms with Crippen molar-refractivity contribution < 1.29 is 0 Å². The maximum atomic E-state index is 2.59. The fourth-order valence-electron chi connectivity index (χ4n) is 2.79. The molecule has 0 fully saturated rings. The van der Waals surface area contributed by atoms with E-state index in [1.165, 1.54) is 0 Å². The van der Waals surface area contributed by atoms with Crippen LogP contribution in [0.25, 0.3) is 0 Å². The lowest BCUT2D eigenvalue weighted by Crippen LogP contribution is -2.52. The molecule has 0 amide bonds. The van der Waals surface area contributed by atoms with Crippen molar-refractivity contribution in [1.29, 1.82) is 0 Å². The molecular weight excluding hydrogens is 272 g/mol. The third kappa shape index (κ3) is 7.91. The van der Waals surface area contributed by atoms with Crippen molar-refractivity contribution in [3.05, 3.63) is 0 Å². The molecule has 0 atom stereocenters.